The van der Waals surface area contributed by atoms with E-state index >= 15 is 0 Å². The molecule has 3 N–H and O–H groups in total. The summed E-state index contributed by atoms with van der Waals surface area (Å²) in [5, 5.41) is 13.2. The Morgan fingerprint density at radius 1 is 1.45 bits per heavy atom. The van der Waals surface area contributed by atoms with Gasteiger partial charge in [0.2, 0.25) is 0 Å². The Balaban J connectivity index is 2.12. The van der Waals surface area contributed by atoms with E-state index in [1.54, 1.807) is 17.8 Å². The molecule has 1 aromatic carbocycles. The van der Waals surface area contributed by atoms with Crippen LogP contribution in [-0.4, -0.2) is 39.2 Å². The zero-order chi connectivity index (χ0) is 14.5. The van der Waals surface area contributed by atoms with Crippen LogP contribution >= 0.6 is 11.8 Å². The van der Waals surface area contributed by atoms with Crippen LogP contribution < -0.4 is 10.9 Å². The second-order valence-corrected chi connectivity index (χ2v) is 5.73. The molecule has 0 amide bonds. The number of aromatic amines is 1. The Kier molecular flexibility index (Phi) is 5.17. The molecule has 0 saturated carbocycles. The summed E-state index contributed by atoms with van der Waals surface area (Å²) < 4.78 is 0. The molecule has 0 aliphatic heterocycles. The number of fused-ring (bicyclic) bond motifs is 1. The molecule has 0 bridgehead atoms. The Morgan fingerprint density at radius 3 is 2.90 bits per heavy atom. The third-order valence-electron chi connectivity index (χ3n) is 3.29. The van der Waals surface area contributed by atoms with Gasteiger partial charge in [0.1, 0.15) is 5.82 Å². The van der Waals surface area contributed by atoms with Crippen molar-refractivity contribution in [2.24, 2.45) is 0 Å². The molecule has 0 spiro atoms. The van der Waals surface area contributed by atoms with Crippen molar-refractivity contribution >= 4 is 22.7 Å². The number of rotatable bonds is 6. The second-order valence-electron chi connectivity index (χ2n) is 4.66. The van der Waals surface area contributed by atoms with Gasteiger partial charge in [-0.3, -0.25) is 4.79 Å². The predicted molar refractivity (Wildman–Crippen MR) is 83.1 cm³/mol. The number of aromatic nitrogens is 2. The SMILES string of the molecule is CSC(CO)C(C)NCc1nc2ccccc2c(=O)[nH]1. The van der Waals surface area contributed by atoms with E-state index in [2.05, 4.69) is 15.3 Å². The minimum absolute atomic E-state index is 0.122. The molecule has 2 atom stereocenters. The van der Waals surface area contributed by atoms with Gasteiger partial charge >= 0.3 is 0 Å². The first-order chi connectivity index (χ1) is 9.65. The van der Waals surface area contributed by atoms with Gasteiger partial charge < -0.3 is 15.4 Å². The van der Waals surface area contributed by atoms with E-state index in [4.69, 9.17) is 0 Å². The minimum Gasteiger partial charge on any atom is -0.395 e. The number of nitrogens with one attached hydrogen (secondary N) is 2. The van der Waals surface area contributed by atoms with Crippen LogP contribution in [0.1, 0.15) is 12.7 Å². The molecule has 0 aliphatic rings. The van der Waals surface area contributed by atoms with Crippen LogP contribution in [0.3, 0.4) is 0 Å². The number of nitrogens with zero attached hydrogens (tertiary/aromatic N) is 1. The fraction of sp³-hybridized carbons (Fsp3) is 0.429. The molecule has 20 heavy (non-hydrogen) atoms. The van der Waals surface area contributed by atoms with Crippen LogP contribution in [0.25, 0.3) is 10.9 Å². The molecule has 0 aliphatic carbocycles. The largest absolute Gasteiger partial charge is 0.395 e. The van der Waals surface area contributed by atoms with Gasteiger partial charge in [-0.15, -0.1) is 0 Å². The summed E-state index contributed by atoms with van der Waals surface area (Å²) in [6.07, 6.45) is 1.97. The number of aliphatic hydroxyl groups is 1. The molecule has 5 nitrogen and oxygen atoms in total. The minimum atomic E-state index is -0.122. The van der Waals surface area contributed by atoms with Gasteiger partial charge in [0.05, 0.1) is 24.1 Å². The van der Waals surface area contributed by atoms with Crippen molar-refractivity contribution in [3.8, 4) is 0 Å². The summed E-state index contributed by atoms with van der Waals surface area (Å²) in [6.45, 7) is 2.60. The van der Waals surface area contributed by atoms with Crippen molar-refractivity contribution in [2.75, 3.05) is 12.9 Å². The Bertz CT molecular complexity index is 625. The Morgan fingerprint density at radius 2 is 2.20 bits per heavy atom. The van der Waals surface area contributed by atoms with E-state index in [9.17, 15) is 9.90 Å². The van der Waals surface area contributed by atoms with Gasteiger partial charge in [0.25, 0.3) is 5.56 Å². The first kappa shape index (κ1) is 15.0. The van der Waals surface area contributed by atoms with Crippen molar-refractivity contribution in [3.05, 3.63) is 40.4 Å². The van der Waals surface area contributed by atoms with E-state index in [-0.39, 0.29) is 23.5 Å². The van der Waals surface area contributed by atoms with E-state index < -0.39 is 0 Å². The molecule has 108 valence electrons. The number of hydrogen-bond donors (Lipinski definition) is 3. The van der Waals surface area contributed by atoms with Gasteiger partial charge in [0, 0.05) is 11.3 Å². The lowest BCUT2D eigenvalue weighted by molar-refractivity contribution is 0.275. The molecule has 0 saturated heterocycles. The second kappa shape index (κ2) is 6.88. The highest BCUT2D eigenvalue weighted by molar-refractivity contribution is 7.99. The number of para-hydroxylation sites is 1. The van der Waals surface area contributed by atoms with Crippen molar-refractivity contribution in [1.82, 2.24) is 15.3 Å². The number of H-pyrrole nitrogens is 1. The maximum Gasteiger partial charge on any atom is 0.258 e. The first-order valence-corrected chi connectivity index (χ1v) is 7.79. The van der Waals surface area contributed by atoms with E-state index in [1.165, 1.54) is 0 Å². The third kappa shape index (κ3) is 3.39. The lowest BCUT2D eigenvalue weighted by atomic mass is 10.2. The van der Waals surface area contributed by atoms with Gasteiger partial charge in [-0.2, -0.15) is 11.8 Å². The Labute approximate surface area is 121 Å². The fourth-order valence-electron chi connectivity index (χ4n) is 2.04. The fourth-order valence-corrected chi connectivity index (χ4v) is 2.70. The lowest BCUT2D eigenvalue weighted by Crippen LogP contribution is -2.37. The Hall–Kier alpha value is -1.37. The number of benzene rings is 1. The van der Waals surface area contributed by atoms with E-state index in [0.717, 1.165) is 0 Å². The predicted octanol–water partition coefficient (Wildman–Crippen LogP) is 1.13. The van der Waals surface area contributed by atoms with Crippen LogP contribution in [0.2, 0.25) is 0 Å². The molecule has 2 aromatic rings. The number of thioether (sulfide) groups is 1. The number of hydrogen-bond acceptors (Lipinski definition) is 5. The molecule has 0 fully saturated rings. The van der Waals surface area contributed by atoms with Gasteiger partial charge in [-0.05, 0) is 25.3 Å². The zero-order valence-electron chi connectivity index (χ0n) is 11.6. The smallest absolute Gasteiger partial charge is 0.258 e. The average Bonchev–Trinajstić information content (AvgIpc) is 2.46. The maximum atomic E-state index is 11.9. The van der Waals surface area contributed by atoms with Crippen LogP contribution in [0, 0.1) is 0 Å². The zero-order valence-corrected chi connectivity index (χ0v) is 12.4. The lowest BCUT2D eigenvalue weighted by Gasteiger charge is -2.21. The van der Waals surface area contributed by atoms with E-state index in [0.29, 0.717) is 23.3 Å². The highest BCUT2D eigenvalue weighted by Crippen LogP contribution is 2.11. The molecular formula is C14H19N3O2S. The van der Waals surface area contributed by atoms with Crippen molar-refractivity contribution in [3.63, 3.8) is 0 Å². The summed E-state index contributed by atoms with van der Waals surface area (Å²) in [6, 6.07) is 7.41. The van der Waals surface area contributed by atoms with E-state index in [1.807, 2.05) is 31.4 Å². The van der Waals surface area contributed by atoms with Gasteiger partial charge in [0.15, 0.2) is 0 Å². The summed E-state index contributed by atoms with van der Waals surface area (Å²) >= 11 is 1.61. The van der Waals surface area contributed by atoms with Crippen molar-refractivity contribution in [2.45, 2.75) is 24.8 Å². The third-order valence-corrected chi connectivity index (χ3v) is 4.46. The molecule has 6 heteroatoms. The maximum absolute atomic E-state index is 11.9. The quantitative estimate of drug-likeness (QED) is 0.744. The summed E-state index contributed by atoms with van der Waals surface area (Å²) in [5.74, 6) is 0.610. The van der Waals surface area contributed by atoms with Crippen LogP contribution in [0.4, 0.5) is 0 Å². The normalized spacial score (nSPS) is 14.3. The van der Waals surface area contributed by atoms with Crippen molar-refractivity contribution in [1.29, 1.82) is 0 Å². The van der Waals surface area contributed by atoms with Crippen LogP contribution in [0.5, 0.6) is 0 Å². The molecule has 2 unspecified atom stereocenters. The van der Waals surface area contributed by atoms with Crippen molar-refractivity contribution < 1.29 is 5.11 Å². The summed E-state index contributed by atoms with van der Waals surface area (Å²) in [5.41, 5.74) is 0.577. The molecule has 0 radical (unpaired) electrons. The number of aliphatic hydroxyl groups excluding tert-OH is 1. The molecule has 1 heterocycles. The highest BCUT2D eigenvalue weighted by atomic mass is 32.2. The molecule has 1 aromatic heterocycles. The summed E-state index contributed by atoms with van der Waals surface area (Å²) in [4.78, 5) is 19.1. The van der Waals surface area contributed by atoms with Gasteiger partial charge in [-0.25, -0.2) is 4.98 Å². The van der Waals surface area contributed by atoms with Crippen LogP contribution in [-0.2, 0) is 6.54 Å². The first-order valence-electron chi connectivity index (χ1n) is 6.50. The average molecular weight is 293 g/mol. The highest BCUT2D eigenvalue weighted by Gasteiger charge is 2.14. The molecular weight excluding hydrogens is 274 g/mol. The monoisotopic (exact) mass is 293 g/mol. The van der Waals surface area contributed by atoms with Crippen LogP contribution in [0.15, 0.2) is 29.1 Å². The molecule has 2 rings (SSSR count). The summed E-state index contributed by atoms with van der Waals surface area (Å²) in [7, 11) is 0. The standard InChI is InChI=1S/C14H19N3O2S/c1-9(12(8-18)20-2)15-7-13-16-11-6-4-3-5-10(11)14(19)17-13/h3-6,9,12,15,18H,7-8H2,1-2H3,(H,16,17,19). The topological polar surface area (TPSA) is 78.0 Å². The van der Waals surface area contributed by atoms with Gasteiger partial charge in [-0.1, -0.05) is 12.1 Å².